The molecule has 2 aromatic carbocycles. The van der Waals surface area contributed by atoms with Crippen molar-refractivity contribution in [3.8, 4) is 11.3 Å². The Bertz CT molecular complexity index is 1360. The van der Waals surface area contributed by atoms with Gasteiger partial charge in [-0.25, -0.2) is 5.10 Å². The fourth-order valence-electron chi connectivity index (χ4n) is 5.56. The maximum absolute atomic E-state index is 12.8. The Kier molecular flexibility index (Phi) is 4.24. The molecule has 0 unspecified atom stereocenters. The first-order valence-corrected chi connectivity index (χ1v) is 11.0. The number of amides is 1. The Morgan fingerprint density at radius 2 is 1.78 bits per heavy atom. The van der Waals surface area contributed by atoms with Gasteiger partial charge in [0.25, 0.3) is 11.5 Å². The summed E-state index contributed by atoms with van der Waals surface area (Å²) in [5, 5.41) is 18.9. The summed E-state index contributed by atoms with van der Waals surface area (Å²) in [4.78, 5) is 24.8. The minimum Gasteiger partial charge on any atom is -0.349 e. The maximum atomic E-state index is 12.8. The van der Waals surface area contributed by atoms with Crippen molar-refractivity contribution in [2.24, 2.45) is 5.41 Å². The molecule has 7 nitrogen and oxygen atoms in total. The third-order valence-corrected chi connectivity index (χ3v) is 7.09. The lowest BCUT2D eigenvalue weighted by Gasteiger charge is -2.57. The first-order valence-electron chi connectivity index (χ1n) is 11.0. The summed E-state index contributed by atoms with van der Waals surface area (Å²) in [5.41, 5.74) is 3.55. The standard InChI is InChI=1S/C25H23N5O2/c31-23(16-5-3-4-15(10-16)21-8-9-26-28-21)27-18-13-25(14-18)11-17(12-25)22-19-6-1-2-7-20(19)24(32)30-29-22/h1-10,17-18H,11-14H2,(H,26,28)(H,27,31)(H,30,32)/t17-,18-,25?. The number of hydrogen-bond donors (Lipinski definition) is 3. The van der Waals surface area contributed by atoms with Crippen LogP contribution in [0, 0.1) is 5.41 Å². The Labute approximate surface area is 184 Å². The number of aromatic amines is 2. The number of fused-ring (bicyclic) bond motifs is 1. The second kappa shape index (κ2) is 7.15. The monoisotopic (exact) mass is 425 g/mol. The average molecular weight is 425 g/mol. The van der Waals surface area contributed by atoms with Crippen molar-refractivity contribution in [1.82, 2.24) is 25.7 Å². The van der Waals surface area contributed by atoms with E-state index in [-0.39, 0.29) is 17.5 Å². The van der Waals surface area contributed by atoms with Gasteiger partial charge in [-0.2, -0.15) is 10.2 Å². The van der Waals surface area contributed by atoms with E-state index in [1.807, 2.05) is 54.6 Å². The van der Waals surface area contributed by atoms with Gasteiger partial charge in [-0.15, -0.1) is 0 Å². The fraction of sp³-hybridized carbons (Fsp3) is 0.280. The molecule has 2 saturated carbocycles. The van der Waals surface area contributed by atoms with Gasteiger partial charge in [0, 0.05) is 34.7 Å². The van der Waals surface area contributed by atoms with Crippen molar-refractivity contribution in [2.45, 2.75) is 37.6 Å². The maximum Gasteiger partial charge on any atom is 0.272 e. The topological polar surface area (TPSA) is 104 Å². The fourth-order valence-corrected chi connectivity index (χ4v) is 5.56. The third-order valence-electron chi connectivity index (χ3n) is 7.09. The van der Waals surface area contributed by atoms with E-state index in [0.29, 0.717) is 22.3 Å². The largest absolute Gasteiger partial charge is 0.349 e. The molecule has 4 aromatic rings. The zero-order chi connectivity index (χ0) is 21.7. The van der Waals surface area contributed by atoms with Crippen LogP contribution in [0.5, 0.6) is 0 Å². The molecule has 6 rings (SSSR count). The van der Waals surface area contributed by atoms with Crippen LogP contribution in [0.2, 0.25) is 0 Å². The van der Waals surface area contributed by atoms with E-state index < -0.39 is 0 Å². The summed E-state index contributed by atoms with van der Waals surface area (Å²) in [6.45, 7) is 0. The van der Waals surface area contributed by atoms with Crippen LogP contribution in [0.15, 0.2) is 65.6 Å². The lowest BCUT2D eigenvalue weighted by Crippen LogP contribution is -2.55. The van der Waals surface area contributed by atoms with Crippen LogP contribution in [0.1, 0.15) is 47.7 Å². The lowest BCUT2D eigenvalue weighted by atomic mass is 9.49. The molecule has 2 heterocycles. The molecule has 0 bridgehead atoms. The van der Waals surface area contributed by atoms with Gasteiger partial charge < -0.3 is 5.32 Å². The SMILES string of the molecule is O=C(N[C@H]1CC2(C1)C[C@H](c1n[nH]c(=O)c3ccccc31)C2)c1cccc(-c2cc[nH]n2)c1. The van der Waals surface area contributed by atoms with Crippen LogP contribution in [-0.2, 0) is 0 Å². The van der Waals surface area contributed by atoms with Crippen LogP contribution in [0.25, 0.3) is 22.0 Å². The molecule has 2 aromatic heterocycles. The van der Waals surface area contributed by atoms with E-state index >= 15 is 0 Å². The van der Waals surface area contributed by atoms with Crippen LogP contribution in [0.3, 0.4) is 0 Å². The molecule has 7 heteroatoms. The minimum absolute atomic E-state index is 0.0357. The number of hydrogen-bond acceptors (Lipinski definition) is 4. The summed E-state index contributed by atoms with van der Waals surface area (Å²) < 4.78 is 0. The Hall–Kier alpha value is -3.74. The zero-order valence-electron chi connectivity index (χ0n) is 17.5. The van der Waals surface area contributed by atoms with Crippen molar-refractivity contribution in [3.05, 3.63) is 82.4 Å². The first-order chi connectivity index (χ1) is 15.6. The van der Waals surface area contributed by atoms with Gasteiger partial charge in [0.05, 0.1) is 16.8 Å². The summed E-state index contributed by atoms with van der Waals surface area (Å²) in [6, 6.07) is 17.3. The van der Waals surface area contributed by atoms with Gasteiger partial charge in [0.2, 0.25) is 0 Å². The number of H-pyrrole nitrogens is 2. The Morgan fingerprint density at radius 3 is 2.56 bits per heavy atom. The van der Waals surface area contributed by atoms with Crippen LogP contribution < -0.4 is 10.9 Å². The molecule has 1 amide bonds. The second-order valence-corrected chi connectivity index (χ2v) is 9.21. The van der Waals surface area contributed by atoms with E-state index in [9.17, 15) is 9.59 Å². The molecule has 32 heavy (non-hydrogen) atoms. The summed E-state index contributed by atoms with van der Waals surface area (Å²) in [6.07, 6.45) is 5.87. The van der Waals surface area contributed by atoms with E-state index in [1.165, 1.54) is 0 Å². The smallest absolute Gasteiger partial charge is 0.272 e. The number of aromatic nitrogens is 4. The van der Waals surface area contributed by atoms with Gasteiger partial charge >= 0.3 is 0 Å². The van der Waals surface area contributed by atoms with Crippen LogP contribution >= 0.6 is 0 Å². The number of carbonyl (C=O) groups is 1. The molecule has 1 spiro atoms. The summed E-state index contributed by atoms with van der Waals surface area (Å²) in [7, 11) is 0. The number of rotatable bonds is 4. The molecule has 2 aliphatic rings. The normalized spacial score (nSPS) is 24.1. The van der Waals surface area contributed by atoms with Gasteiger partial charge in [-0.3, -0.25) is 14.7 Å². The van der Waals surface area contributed by atoms with Crippen molar-refractivity contribution in [2.75, 3.05) is 0 Å². The molecule has 3 N–H and O–H groups in total. The van der Waals surface area contributed by atoms with Crippen molar-refractivity contribution in [1.29, 1.82) is 0 Å². The highest BCUT2D eigenvalue weighted by molar-refractivity contribution is 5.95. The number of nitrogens with one attached hydrogen (secondary N) is 3. The summed E-state index contributed by atoms with van der Waals surface area (Å²) in [5.74, 6) is 0.324. The zero-order valence-corrected chi connectivity index (χ0v) is 17.5. The molecule has 0 saturated heterocycles. The quantitative estimate of drug-likeness (QED) is 0.463. The van der Waals surface area contributed by atoms with Crippen molar-refractivity contribution >= 4 is 16.7 Å². The molecular formula is C25H23N5O2. The highest BCUT2D eigenvalue weighted by Gasteiger charge is 2.54. The molecular weight excluding hydrogens is 402 g/mol. The second-order valence-electron chi connectivity index (χ2n) is 9.21. The van der Waals surface area contributed by atoms with Gasteiger partial charge in [-0.05, 0) is 55.4 Å². The van der Waals surface area contributed by atoms with E-state index in [1.54, 1.807) is 6.20 Å². The molecule has 2 fully saturated rings. The summed E-state index contributed by atoms with van der Waals surface area (Å²) >= 11 is 0. The number of nitrogens with zero attached hydrogens (tertiary/aromatic N) is 2. The van der Waals surface area contributed by atoms with Crippen LogP contribution in [0.4, 0.5) is 0 Å². The molecule has 0 atom stereocenters. The van der Waals surface area contributed by atoms with Crippen LogP contribution in [-0.4, -0.2) is 32.3 Å². The number of benzene rings is 2. The van der Waals surface area contributed by atoms with E-state index in [2.05, 4.69) is 25.7 Å². The molecule has 0 aliphatic heterocycles. The molecule has 0 radical (unpaired) electrons. The number of carbonyl (C=O) groups excluding carboxylic acids is 1. The highest BCUT2D eigenvalue weighted by atomic mass is 16.1. The average Bonchev–Trinajstić information content (AvgIpc) is 3.30. The molecule has 2 aliphatic carbocycles. The van der Waals surface area contributed by atoms with E-state index in [0.717, 1.165) is 48.0 Å². The first kappa shape index (κ1) is 19.0. The van der Waals surface area contributed by atoms with Crippen molar-refractivity contribution < 1.29 is 4.79 Å². The van der Waals surface area contributed by atoms with Gasteiger partial charge in [0.1, 0.15) is 0 Å². The minimum atomic E-state index is -0.138. The Balaban J connectivity index is 1.09. The lowest BCUT2D eigenvalue weighted by molar-refractivity contribution is -0.0196. The third kappa shape index (κ3) is 3.12. The van der Waals surface area contributed by atoms with Crippen molar-refractivity contribution in [3.63, 3.8) is 0 Å². The van der Waals surface area contributed by atoms with Gasteiger partial charge in [0.15, 0.2) is 0 Å². The highest BCUT2D eigenvalue weighted by Crippen LogP contribution is 2.62. The van der Waals surface area contributed by atoms with E-state index in [4.69, 9.17) is 0 Å². The molecule has 160 valence electrons. The van der Waals surface area contributed by atoms with Gasteiger partial charge in [-0.1, -0.05) is 30.3 Å². The predicted molar refractivity (Wildman–Crippen MR) is 121 cm³/mol. The Morgan fingerprint density at radius 1 is 0.969 bits per heavy atom. The predicted octanol–water partition coefficient (Wildman–Crippen LogP) is 3.77.